The number of fused-ring (bicyclic) bond motifs is 2. The fourth-order valence-corrected chi connectivity index (χ4v) is 4.41. The number of nitrogens with one attached hydrogen (secondary N) is 1. The van der Waals surface area contributed by atoms with Gasteiger partial charge in [-0.05, 0) is 12.1 Å². The zero-order valence-electron chi connectivity index (χ0n) is 16.2. The fraction of sp³-hybridized carbons (Fsp3) is 0.294. The summed E-state index contributed by atoms with van der Waals surface area (Å²) in [5, 5.41) is 13.3. The molecule has 0 radical (unpaired) electrons. The minimum absolute atomic E-state index is 0. The fourth-order valence-electron chi connectivity index (χ4n) is 3.46. The van der Waals surface area contributed by atoms with E-state index in [1.54, 1.807) is 30.3 Å². The van der Waals surface area contributed by atoms with Gasteiger partial charge in [-0.25, -0.2) is 15.0 Å². The maximum Gasteiger partial charge on any atom is 1.00 e. The van der Waals surface area contributed by atoms with Gasteiger partial charge in [0.2, 0.25) is 0 Å². The van der Waals surface area contributed by atoms with Gasteiger partial charge >= 0.3 is 29.6 Å². The Balaban J connectivity index is 0.00000231. The van der Waals surface area contributed by atoms with Crippen LogP contribution in [0.4, 0.5) is 5.82 Å². The molecule has 2 fully saturated rings. The largest absolute Gasteiger partial charge is 1.00 e. The average Bonchev–Trinajstić information content (AvgIpc) is 3.30. The van der Waals surface area contributed by atoms with Gasteiger partial charge in [0, 0.05) is 5.56 Å². The van der Waals surface area contributed by atoms with Crippen molar-refractivity contribution >= 4 is 30.7 Å². The van der Waals surface area contributed by atoms with E-state index in [0.717, 1.165) is 0 Å². The van der Waals surface area contributed by atoms with E-state index >= 15 is 0 Å². The summed E-state index contributed by atoms with van der Waals surface area (Å²) in [6, 6.07) is 8.60. The molecule has 31 heavy (non-hydrogen) atoms. The Labute approximate surface area is 197 Å². The molecular weight excluding hydrogens is 440 g/mol. The molecule has 2 saturated heterocycles. The molecule has 0 aliphatic carbocycles. The Hall–Kier alpha value is -1.73. The summed E-state index contributed by atoms with van der Waals surface area (Å²) >= 11 is 0. The van der Waals surface area contributed by atoms with Gasteiger partial charge in [0.15, 0.2) is 23.2 Å². The molecule has 0 spiro atoms. The number of phosphoric acid groups is 1. The smallest absolute Gasteiger partial charge is 0.756 e. The van der Waals surface area contributed by atoms with Crippen LogP contribution in [0.2, 0.25) is 0 Å². The Kier molecular flexibility index (Phi) is 6.28. The van der Waals surface area contributed by atoms with Crippen molar-refractivity contribution in [3.05, 3.63) is 48.5 Å². The van der Waals surface area contributed by atoms with Gasteiger partial charge in [0.05, 0.1) is 12.9 Å². The molecule has 1 aromatic carbocycles. The number of benzene rings is 1. The molecule has 2 aliphatic heterocycles. The molecule has 0 saturated carbocycles. The number of phosphoric ester groups is 1. The Bertz CT molecular complexity index is 1160. The Morgan fingerprint density at radius 2 is 2.03 bits per heavy atom. The molecule has 12 nitrogen and oxygen atoms in total. The maximum absolute atomic E-state index is 12.4. The van der Waals surface area contributed by atoms with Crippen LogP contribution in [-0.2, 0) is 18.3 Å². The first-order valence-corrected chi connectivity index (χ1v) is 10.4. The van der Waals surface area contributed by atoms with Crippen LogP contribution in [0.1, 0.15) is 16.6 Å². The number of anilines is 1. The number of ether oxygens (including phenoxy) is 1. The third-order valence-electron chi connectivity index (χ3n) is 4.86. The second-order valence-electron chi connectivity index (χ2n) is 6.74. The number of aliphatic hydroxyl groups excluding tert-OH is 1. The van der Waals surface area contributed by atoms with Crippen molar-refractivity contribution in [3.8, 4) is 0 Å². The Morgan fingerprint density at radius 1 is 1.26 bits per heavy atom. The van der Waals surface area contributed by atoms with E-state index in [2.05, 4.69) is 24.8 Å². The number of carbonyl (C=O) groups excluding carboxylic acids is 1. The standard InChI is InChI=1S/C17H16N5O7P.Na/c23-12-13-10(6-27-30(25,26)29-13)28-17(12)22-8-20-11-14(18-7-19-15(11)22)21-16(24)9-4-2-1-3-5-9;/h1-5,7-8,10,12-13,17,23H,6H2,(H,25,26)(H,18,19,21,24);/q;+1/p-1. The number of hydrogen-bond acceptors (Lipinski definition) is 10. The summed E-state index contributed by atoms with van der Waals surface area (Å²) in [4.78, 5) is 36.5. The van der Waals surface area contributed by atoms with E-state index in [1.807, 2.05) is 0 Å². The number of imidazole rings is 1. The van der Waals surface area contributed by atoms with Gasteiger partial charge in [-0.2, -0.15) is 0 Å². The molecule has 3 aromatic rings. The van der Waals surface area contributed by atoms with Gasteiger partial charge in [0.25, 0.3) is 13.7 Å². The number of hydrogen-bond donors (Lipinski definition) is 2. The second kappa shape index (κ2) is 8.66. The number of nitrogens with zero attached hydrogens (tertiary/aromatic N) is 4. The van der Waals surface area contributed by atoms with Crippen LogP contribution in [0, 0.1) is 0 Å². The molecular formula is C17H15N5NaO7P. The summed E-state index contributed by atoms with van der Waals surface area (Å²) in [6.45, 7) is -0.265. The average molecular weight is 455 g/mol. The summed E-state index contributed by atoms with van der Waals surface area (Å²) in [6.07, 6.45) is -1.61. The van der Waals surface area contributed by atoms with E-state index in [4.69, 9.17) is 9.26 Å². The van der Waals surface area contributed by atoms with Gasteiger partial charge in [0.1, 0.15) is 24.6 Å². The van der Waals surface area contributed by atoms with Gasteiger partial charge in [-0.1, -0.05) is 18.2 Å². The minimum atomic E-state index is -4.49. The summed E-state index contributed by atoms with van der Waals surface area (Å²) in [5.74, 6) is -0.189. The van der Waals surface area contributed by atoms with Crippen molar-refractivity contribution < 1.29 is 62.7 Å². The van der Waals surface area contributed by atoms with Crippen molar-refractivity contribution in [2.24, 2.45) is 0 Å². The molecule has 5 rings (SSSR count). The van der Waals surface area contributed by atoms with E-state index in [9.17, 15) is 19.4 Å². The zero-order chi connectivity index (χ0) is 20.9. The van der Waals surface area contributed by atoms with Crippen LogP contribution in [0.25, 0.3) is 11.2 Å². The maximum atomic E-state index is 12.4. The van der Waals surface area contributed by atoms with Crippen LogP contribution in [0.15, 0.2) is 43.0 Å². The number of rotatable bonds is 3. The first kappa shape index (κ1) is 22.5. The van der Waals surface area contributed by atoms with Crippen LogP contribution in [-0.4, -0.2) is 55.5 Å². The number of amides is 1. The van der Waals surface area contributed by atoms with E-state index in [-0.39, 0.29) is 59.1 Å². The van der Waals surface area contributed by atoms with Crippen LogP contribution in [0.3, 0.4) is 0 Å². The monoisotopic (exact) mass is 455 g/mol. The third-order valence-corrected chi connectivity index (χ3v) is 5.82. The van der Waals surface area contributed by atoms with Crippen LogP contribution < -0.4 is 39.8 Å². The quantitative estimate of drug-likeness (QED) is 0.312. The first-order chi connectivity index (χ1) is 14.4. The number of aliphatic hydroxyl groups is 1. The Morgan fingerprint density at radius 3 is 2.81 bits per heavy atom. The van der Waals surface area contributed by atoms with Gasteiger partial charge in [-0.15, -0.1) is 0 Å². The van der Waals surface area contributed by atoms with E-state index in [0.29, 0.717) is 5.56 Å². The summed E-state index contributed by atoms with van der Waals surface area (Å²) < 4.78 is 28.2. The SMILES string of the molecule is O=C(Nc1ncnc2c1ncn2C1OC2COP(=O)([O-])OC2C1O)c1ccccc1.[Na+]. The summed E-state index contributed by atoms with van der Waals surface area (Å²) in [5.41, 5.74) is 1.00. The van der Waals surface area contributed by atoms with Crippen molar-refractivity contribution in [2.45, 2.75) is 24.5 Å². The molecule has 2 aromatic heterocycles. The first-order valence-electron chi connectivity index (χ1n) is 8.94. The van der Waals surface area contributed by atoms with Crippen LogP contribution in [0.5, 0.6) is 0 Å². The molecule has 5 atom stereocenters. The second-order valence-corrected chi connectivity index (χ2v) is 8.10. The van der Waals surface area contributed by atoms with Gasteiger partial charge in [-0.3, -0.25) is 13.9 Å². The van der Waals surface area contributed by atoms with E-state index in [1.165, 1.54) is 17.2 Å². The molecule has 1 amide bonds. The molecule has 0 bridgehead atoms. The molecule has 14 heteroatoms. The van der Waals surface area contributed by atoms with Crippen molar-refractivity contribution in [1.82, 2.24) is 19.5 Å². The molecule has 2 N–H and O–H groups in total. The van der Waals surface area contributed by atoms with Crippen molar-refractivity contribution in [3.63, 3.8) is 0 Å². The topological polar surface area (TPSA) is 161 Å². The normalized spacial score (nSPS) is 29.9. The zero-order valence-corrected chi connectivity index (χ0v) is 19.1. The molecule has 156 valence electrons. The predicted octanol–water partition coefficient (Wildman–Crippen LogP) is -2.78. The van der Waals surface area contributed by atoms with Crippen LogP contribution >= 0.6 is 7.82 Å². The molecule has 4 heterocycles. The van der Waals surface area contributed by atoms with E-state index < -0.39 is 32.4 Å². The van der Waals surface area contributed by atoms with Crippen molar-refractivity contribution in [1.29, 1.82) is 0 Å². The molecule has 2 aliphatic rings. The summed E-state index contributed by atoms with van der Waals surface area (Å²) in [7, 11) is -4.49. The third kappa shape index (κ3) is 4.19. The van der Waals surface area contributed by atoms with Crippen molar-refractivity contribution in [2.75, 3.05) is 11.9 Å². The number of aromatic nitrogens is 4. The predicted molar refractivity (Wildman–Crippen MR) is 98.1 cm³/mol. The number of carbonyl (C=O) groups is 1. The molecule has 5 unspecified atom stereocenters. The minimum Gasteiger partial charge on any atom is -0.756 e. The van der Waals surface area contributed by atoms with Gasteiger partial charge < -0.3 is 29.1 Å².